The number of hydrogen-bond donors (Lipinski definition) is 1. The van der Waals surface area contributed by atoms with E-state index >= 15 is 0 Å². The third-order valence-electron chi connectivity index (χ3n) is 5.33. The summed E-state index contributed by atoms with van der Waals surface area (Å²) in [5.41, 5.74) is 3.48. The first-order chi connectivity index (χ1) is 14.5. The van der Waals surface area contributed by atoms with Crippen LogP contribution in [-0.4, -0.2) is 23.3 Å². The number of β-lactam (4-membered cyclic amide) rings is 1. The number of anilines is 1. The number of para-hydroxylation sites is 2. The molecule has 3 aromatic carbocycles. The van der Waals surface area contributed by atoms with Gasteiger partial charge in [-0.05, 0) is 54.8 Å². The highest BCUT2D eigenvalue weighted by atomic mass is 16.5. The van der Waals surface area contributed by atoms with Gasteiger partial charge in [-0.15, -0.1) is 0 Å². The molecule has 1 aliphatic heterocycles. The molecule has 30 heavy (non-hydrogen) atoms. The van der Waals surface area contributed by atoms with Gasteiger partial charge >= 0.3 is 0 Å². The molecule has 5 heteroatoms. The number of carbonyl (C=O) groups excluding carboxylic acids is 2. The number of aryl methyl sites for hydroxylation is 2. The highest BCUT2D eigenvalue weighted by Gasteiger charge is 2.37. The SMILES string of the molecule is Cc1cccc(C)c1NC(=O)[C@@H](c1cccc(Oc2ccccc2)c1)N1CCC1=O. The first kappa shape index (κ1) is 19.7. The Morgan fingerprint density at radius 3 is 2.23 bits per heavy atom. The lowest BCUT2D eigenvalue weighted by Gasteiger charge is -2.37. The Labute approximate surface area is 176 Å². The van der Waals surface area contributed by atoms with E-state index in [2.05, 4.69) is 5.32 Å². The maximum atomic E-state index is 13.3. The van der Waals surface area contributed by atoms with Crippen molar-refractivity contribution < 1.29 is 14.3 Å². The van der Waals surface area contributed by atoms with Crippen LogP contribution in [0.5, 0.6) is 11.5 Å². The Kier molecular flexibility index (Phi) is 5.53. The van der Waals surface area contributed by atoms with Gasteiger partial charge in [0.15, 0.2) is 0 Å². The van der Waals surface area contributed by atoms with Gasteiger partial charge in [0.05, 0.1) is 0 Å². The van der Waals surface area contributed by atoms with Gasteiger partial charge in [0.2, 0.25) is 5.91 Å². The first-order valence-electron chi connectivity index (χ1n) is 10.0. The second-order valence-corrected chi connectivity index (χ2v) is 7.48. The molecule has 1 fully saturated rings. The van der Waals surface area contributed by atoms with Crippen molar-refractivity contribution in [1.82, 2.24) is 4.90 Å². The summed E-state index contributed by atoms with van der Waals surface area (Å²) < 4.78 is 5.93. The number of likely N-dealkylation sites (tertiary alicyclic amines) is 1. The maximum absolute atomic E-state index is 13.3. The third-order valence-corrected chi connectivity index (χ3v) is 5.33. The molecule has 0 bridgehead atoms. The monoisotopic (exact) mass is 400 g/mol. The minimum Gasteiger partial charge on any atom is -0.457 e. The molecular weight excluding hydrogens is 376 g/mol. The summed E-state index contributed by atoms with van der Waals surface area (Å²) in [6, 6.07) is 22.0. The lowest BCUT2D eigenvalue weighted by atomic mass is 9.99. The molecule has 1 aliphatic rings. The predicted octanol–water partition coefficient (Wildman–Crippen LogP) is 5.01. The average Bonchev–Trinajstić information content (AvgIpc) is 2.74. The van der Waals surface area contributed by atoms with Crippen LogP contribution in [-0.2, 0) is 9.59 Å². The minimum atomic E-state index is -0.704. The van der Waals surface area contributed by atoms with E-state index in [0.717, 1.165) is 22.4 Å². The topological polar surface area (TPSA) is 58.6 Å². The average molecular weight is 400 g/mol. The molecule has 152 valence electrons. The number of nitrogens with one attached hydrogen (secondary N) is 1. The van der Waals surface area contributed by atoms with E-state index in [-0.39, 0.29) is 11.8 Å². The van der Waals surface area contributed by atoms with Crippen LogP contribution in [0.2, 0.25) is 0 Å². The van der Waals surface area contributed by atoms with Crippen LogP contribution in [0.15, 0.2) is 72.8 Å². The zero-order valence-corrected chi connectivity index (χ0v) is 17.1. The first-order valence-corrected chi connectivity index (χ1v) is 10.0. The number of amides is 2. The summed E-state index contributed by atoms with van der Waals surface area (Å²) >= 11 is 0. The van der Waals surface area contributed by atoms with Gasteiger partial charge in [0, 0.05) is 18.7 Å². The molecule has 0 radical (unpaired) electrons. The lowest BCUT2D eigenvalue weighted by Crippen LogP contribution is -2.49. The van der Waals surface area contributed by atoms with Crippen molar-refractivity contribution >= 4 is 17.5 Å². The number of nitrogens with zero attached hydrogens (tertiary/aromatic N) is 1. The van der Waals surface area contributed by atoms with Gasteiger partial charge in [0.1, 0.15) is 17.5 Å². The molecule has 0 unspecified atom stereocenters. The van der Waals surface area contributed by atoms with Crippen molar-refractivity contribution in [1.29, 1.82) is 0 Å². The minimum absolute atomic E-state index is 0.0222. The largest absolute Gasteiger partial charge is 0.457 e. The molecule has 1 heterocycles. The van der Waals surface area contributed by atoms with Crippen molar-refractivity contribution in [2.24, 2.45) is 0 Å². The fourth-order valence-corrected chi connectivity index (χ4v) is 3.65. The predicted molar refractivity (Wildman–Crippen MR) is 117 cm³/mol. The lowest BCUT2D eigenvalue weighted by molar-refractivity contribution is -0.147. The second-order valence-electron chi connectivity index (χ2n) is 7.48. The standard InChI is InChI=1S/C25H24N2O3/c1-17-8-6-9-18(2)23(17)26-25(29)24(27-15-14-22(27)28)19-10-7-13-21(16-19)30-20-11-4-3-5-12-20/h3-13,16,24H,14-15H2,1-2H3,(H,26,29)/t24-/m1/s1. The van der Waals surface area contributed by atoms with Crippen molar-refractivity contribution in [2.45, 2.75) is 26.3 Å². The zero-order valence-electron chi connectivity index (χ0n) is 17.1. The van der Waals surface area contributed by atoms with Crippen LogP contribution in [0.4, 0.5) is 5.69 Å². The molecule has 0 saturated carbocycles. The van der Waals surface area contributed by atoms with E-state index < -0.39 is 6.04 Å². The summed E-state index contributed by atoms with van der Waals surface area (Å²) in [5, 5.41) is 3.04. The number of benzene rings is 3. The van der Waals surface area contributed by atoms with E-state index in [1.807, 2.05) is 86.6 Å². The van der Waals surface area contributed by atoms with Gasteiger partial charge in [-0.25, -0.2) is 0 Å². The summed E-state index contributed by atoms with van der Waals surface area (Å²) in [5.74, 6) is 1.09. The fourth-order valence-electron chi connectivity index (χ4n) is 3.65. The third kappa shape index (κ3) is 4.06. The maximum Gasteiger partial charge on any atom is 0.251 e. The van der Waals surface area contributed by atoms with Crippen molar-refractivity contribution in [3.63, 3.8) is 0 Å². The molecule has 2 amide bonds. The Hall–Kier alpha value is -3.60. The Morgan fingerprint density at radius 2 is 1.60 bits per heavy atom. The van der Waals surface area contributed by atoms with E-state index in [4.69, 9.17) is 4.74 Å². The van der Waals surface area contributed by atoms with Gasteiger partial charge in [-0.2, -0.15) is 0 Å². The number of hydrogen-bond acceptors (Lipinski definition) is 3. The molecule has 0 aromatic heterocycles. The van der Waals surface area contributed by atoms with Gasteiger partial charge in [0.25, 0.3) is 5.91 Å². The molecule has 0 aliphatic carbocycles. The molecule has 1 N–H and O–H groups in total. The van der Waals surface area contributed by atoms with E-state index in [9.17, 15) is 9.59 Å². The van der Waals surface area contributed by atoms with Crippen LogP contribution >= 0.6 is 0 Å². The van der Waals surface area contributed by atoms with E-state index in [1.165, 1.54) is 0 Å². The number of rotatable bonds is 6. The van der Waals surface area contributed by atoms with Crippen LogP contribution in [0.1, 0.15) is 29.2 Å². The molecular formula is C25H24N2O3. The highest BCUT2D eigenvalue weighted by molar-refractivity contribution is 6.00. The van der Waals surface area contributed by atoms with Crippen LogP contribution in [0, 0.1) is 13.8 Å². The molecule has 4 rings (SSSR count). The molecule has 1 atom stereocenters. The fraction of sp³-hybridized carbons (Fsp3) is 0.200. The zero-order chi connectivity index (χ0) is 21.1. The van der Waals surface area contributed by atoms with Crippen molar-refractivity contribution in [2.75, 3.05) is 11.9 Å². The van der Waals surface area contributed by atoms with Crippen LogP contribution in [0.3, 0.4) is 0 Å². The summed E-state index contributed by atoms with van der Waals surface area (Å²) in [6.07, 6.45) is 0.466. The highest BCUT2D eigenvalue weighted by Crippen LogP contribution is 2.32. The molecule has 1 saturated heterocycles. The second kappa shape index (κ2) is 8.41. The van der Waals surface area contributed by atoms with E-state index in [0.29, 0.717) is 24.5 Å². The Bertz CT molecular complexity index is 1060. The van der Waals surface area contributed by atoms with Crippen LogP contribution < -0.4 is 10.1 Å². The van der Waals surface area contributed by atoms with Gasteiger partial charge < -0.3 is 15.0 Å². The van der Waals surface area contributed by atoms with Crippen molar-refractivity contribution in [3.05, 3.63) is 89.5 Å². The molecule has 3 aromatic rings. The normalized spacial score (nSPS) is 14.1. The number of ether oxygens (including phenoxy) is 1. The molecule has 5 nitrogen and oxygen atoms in total. The van der Waals surface area contributed by atoms with Crippen molar-refractivity contribution in [3.8, 4) is 11.5 Å². The van der Waals surface area contributed by atoms with E-state index in [1.54, 1.807) is 4.90 Å². The Morgan fingerprint density at radius 1 is 0.933 bits per heavy atom. The summed E-state index contributed by atoms with van der Waals surface area (Å²) in [7, 11) is 0. The smallest absolute Gasteiger partial charge is 0.251 e. The summed E-state index contributed by atoms with van der Waals surface area (Å²) in [6.45, 7) is 4.48. The number of carbonyl (C=O) groups is 2. The summed E-state index contributed by atoms with van der Waals surface area (Å²) in [4.78, 5) is 27.2. The molecule has 0 spiro atoms. The van der Waals surface area contributed by atoms with Gasteiger partial charge in [-0.3, -0.25) is 9.59 Å². The van der Waals surface area contributed by atoms with Crippen LogP contribution in [0.25, 0.3) is 0 Å². The quantitative estimate of drug-likeness (QED) is 0.592. The van der Waals surface area contributed by atoms with Gasteiger partial charge in [-0.1, -0.05) is 48.5 Å². The Balaban J connectivity index is 1.64.